The van der Waals surface area contributed by atoms with Crippen LogP contribution in [0.1, 0.15) is 23.2 Å². The number of nitrogens with zero attached hydrogens (tertiary/aromatic N) is 2. The van der Waals surface area contributed by atoms with Gasteiger partial charge in [-0.2, -0.15) is 0 Å². The quantitative estimate of drug-likeness (QED) is 0.369. The number of amides is 2. The van der Waals surface area contributed by atoms with Crippen LogP contribution in [0.25, 0.3) is 10.9 Å². The first-order valence-corrected chi connectivity index (χ1v) is 11.4. The van der Waals surface area contributed by atoms with E-state index < -0.39 is 0 Å². The number of fused-ring (bicyclic) bond motifs is 1. The van der Waals surface area contributed by atoms with E-state index in [-0.39, 0.29) is 23.8 Å². The molecule has 0 unspecified atom stereocenters. The normalized spacial score (nSPS) is 10.6. The third-order valence-corrected chi connectivity index (χ3v) is 5.62. The van der Waals surface area contributed by atoms with Crippen LogP contribution in [0.2, 0.25) is 0 Å². The Morgan fingerprint density at radius 1 is 0.889 bits per heavy atom. The van der Waals surface area contributed by atoms with Crippen LogP contribution in [0.4, 0.5) is 11.4 Å². The molecule has 2 N–H and O–H groups in total. The number of rotatable bonds is 9. The number of aromatic nitrogens is 2. The molecular weight excluding hydrogens is 460 g/mol. The van der Waals surface area contributed by atoms with Crippen molar-refractivity contribution in [3.63, 3.8) is 0 Å². The van der Waals surface area contributed by atoms with Gasteiger partial charge in [0.25, 0.3) is 11.5 Å². The van der Waals surface area contributed by atoms with Crippen molar-refractivity contribution in [3.05, 3.63) is 89.0 Å². The van der Waals surface area contributed by atoms with Gasteiger partial charge in [0, 0.05) is 24.6 Å². The van der Waals surface area contributed by atoms with Gasteiger partial charge in [-0.05, 0) is 36.8 Å². The van der Waals surface area contributed by atoms with E-state index in [0.29, 0.717) is 52.3 Å². The van der Waals surface area contributed by atoms with Crippen LogP contribution in [-0.4, -0.2) is 35.6 Å². The Balaban J connectivity index is 1.39. The van der Waals surface area contributed by atoms with Gasteiger partial charge >= 0.3 is 0 Å². The monoisotopic (exact) mass is 486 g/mol. The second-order valence-electron chi connectivity index (χ2n) is 7.98. The molecule has 184 valence electrons. The third-order valence-electron chi connectivity index (χ3n) is 5.62. The predicted octanol–water partition coefficient (Wildman–Crippen LogP) is 4.08. The number of hydrogen-bond acceptors (Lipinski definition) is 6. The van der Waals surface area contributed by atoms with E-state index in [9.17, 15) is 14.4 Å². The molecule has 1 heterocycles. The Labute approximate surface area is 207 Å². The second-order valence-corrected chi connectivity index (χ2v) is 7.98. The van der Waals surface area contributed by atoms with Gasteiger partial charge < -0.3 is 20.1 Å². The average Bonchev–Trinajstić information content (AvgIpc) is 2.91. The minimum atomic E-state index is -0.269. The lowest BCUT2D eigenvalue weighted by atomic mass is 10.2. The first-order valence-electron chi connectivity index (χ1n) is 11.4. The molecule has 2 amide bonds. The fraction of sp³-hybridized carbons (Fsp3) is 0.185. The highest BCUT2D eigenvalue weighted by Crippen LogP contribution is 2.29. The molecule has 3 aromatic carbocycles. The van der Waals surface area contributed by atoms with Gasteiger partial charge in [0.1, 0.15) is 0 Å². The Hall–Kier alpha value is -4.66. The molecule has 36 heavy (non-hydrogen) atoms. The molecule has 0 bridgehead atoms. The number of aryl methyl sites for hydroxylation is 1. The molecule has 0 radical (unpaired) electrons. The largest absolute Gasteiger partial charge is 0.493 e. The van der Waals surface area contributed by atoms with E-state index in [4.69, 9.17) is 9.47 Å². The first kappa shape index (κ1) is 24.5. The SMILES string of the molecule is COc1cc2ncn(CCCC(=O)Nc3ccccc3NC(=O)c3ccccc3)c(=O)c2cc1OC. The number of para-hydroxylation sites is 2. The van der Waals surface area contributed by atoms with Crippen molar-refractivity contribution in [2.75, 3.05) is 24.9 Å². The van der Waals surface area contributed by atoms with Crippen molar-refractivity contribution in [2.24, 2.45) is 0 Å². The number of hydrogen-bond donors (Lipinski definition) is 2. The van der Waals surface area contributed by atoms with Gasteiger partial charge in [0.2, 0.25) is 5.91 Å². The first-order chi connectivity index (χ1) is 17.5. The summed E-state index contributed by atoms with van der Waals surface area (Å²) in [5.41, 5.74) is 1.79. The number of anilines is 2. The summed E-state index contributed by atoms with van der Waals surface area (Å²) in [4.78, 5) is 42.4. The zero-order valence-electron chi connectivity index (χ0n) is 20.0. The van der Waals surface area contributed by atoms with Crippen molar-refractivity contribution < 1.29 is 19.1 Å². The van der Waals surface area contributed by atoms with Crippen molar-refractivity contribution in [3.8, 4) is 11.5 Å². The molecule has 0 aliphatic carbocycles. The van der Waals surface area contributed by atoms with E-state index in [1.165, 1.54) is 25.1 Å². The van der Waals surface area contributed by atoms with Gasteiger partial charge in [-0.15, -0.1) is 0 Å². The number of nitrogens with one attached hydrogen (secondary N) is 2. The number of carbonyl (C=O) groups is 2. The summed E-state index contributed by atoms with van der Waals surface area (Å²) in [5.74, 6) is 0.435. The summed E-state index contributed by atoms with van der Waals surface area (Å²) in [6.45, 7) is 0.315. The summed E-state index contributed by atoms with van der Waals surface area (Å²) >= 11 is 0. The molecule has 0 atom stereocenters. The van der Waals surface area contributed by atoms with Crippen LogP contribution in [0.3, 0.4) is 0 Å². The van der Waals surface area contributed by atoms with Gasteiger partial charge in [-0.1, -0.05) is 30.3 Å². The van der Waals surface area contributed by atoms with Crippen LogP contribution in [0.15, 0.2) is 77.9 Å². The van der Waals surface area contributed by atoms with Crippen LogP contribution < -0.4 is 25.7 Å². The summed E-state index contributed by atoms with van der Waals surface area (Å²) in [5, 5.41) is 6.07. The van der Waals surface area contributed by atoms with E-state index in [1.54, 1.807) is 60.7 Å². The Kier molecular flexibility index (Phi) is 7.60. The molecule has 4 aromatic rings. The molecule has 0 fully saturated rings. The molecule has 1 aromatic heterocycles. The van der Waals surface area contributed by atoms with Crippen molar-refractivity contribution >= 4 is 34.1 Å². The molecule has 0 saturated heterocycles. The number of methoxy groups -OCH3 is 2. The topological polar surface area (TPSA) is 112 Å². The third kappa shape index (κ3) is 5.52. The predicted molar refractivity (Wildman–Crippen MR) is 138 cm³/mol. The summed E-state index contributed by atoms with van der Waals surface area (Å²) in [7, 11) is 3.02. The number of carbonyl (C=O) groups excluding carboxylic acids is 2. The molecule has 9 nitrogen and oxygen atoms in total. The maximum Gasteiger partial charge on any atom is 0.261 e. The zero-order chi connectivity index (χ0) is 25.5. The standard InChI is InChI=1S/C27H26N4O5/c1-35-23-15-19-22(16-24(23)36-2)28-17-31(27(19)34)14-8-13-25(32)29-20-11-6-7-12-21(20)30-26(33)18-9-4-3-5-10-18/h3-7,9-12,15-17H,8,13-14H2,1-2H3,(H,29,32)(H,30,33). The molecule has 0 spiro atoms. The minimum absolute atomic E-state index is 0.178. The fourth-order valence-electron chi connectivity index (χ4n) is 3.75. The lowest BCUT2D eigenvalue weighted by molar-refractivity contribution is -0.116. The van der Waals surface area contributed by atoms with E-state index in [0.717, 1.165) is 0 Å². The van der Waals surface area contributed by atoms with Crippen LogP contribution in [0, 0.1) is 0 Å². The molecular formula is C27H26N4O5. The second kappa shape index (κ2) is 11.2. The van der Waals surface area contributed by atoms with E-state index >= 15 is 0 Å². The minimum Gasteiger partial charge on any atom is -0.493 e. The summed E-state index contributed by atoms with van der Waals surface area (Å²) < 4.78 is 12.0. The van der Waals surface area contributed by atoms with Gasteiger partial charge in [0.15, 0.2) is 11.5 Å². The highest BCUT2D eigenvalue weighted by Gasteiger charge is 2.13. The van der Waals surface area contributed by atoms with Gasteiger partial charge in [-0.25, -0.2) is 4.98 Å². The summed E-state index contributed by atoms with van der Waals surface area (Å²) in [6, 6.07) is 19.1. The highest BCUT2D eigenvalue weighted by molar-refractivity contribution is 6.07. The lowest BCUT2D eigenvalue weighted by Gasteiger charge is -2.13. The maximum atomic E-state index is 12.9. The molecule has 0 aliphatic heterocycles. The number of ether oxygens (including phenoxy) is 2. The van der Waals surface area contributed by atoms with Crippen molar-refractivity contribution in [1.29, 1.82) is 0 Å². The summed E-state index contributed by atoms with van der Waals surface area (Å²) in [6.07, 6.45) is 2.06. The van der Waals surface area contributed by atoms with Crippen molar-refractivity contribution in [1.82, 2.24) is 9.55 Å². The number of benzene rings is 3. The molecule has 0 saturated carbocycles. The Bertz CT molecular complexity index is 1450. The maximum absolute atomic E-state index is 12.9. The lowest BCUT2D eigenvalue weighted by Crippen LogP contribution is -2.22. The van der Waals surface area contributed by atoms with E-state index in [2.05, 4.69) is 15.6 Å². The van der Waals surface area contributed by atoms with Crippen LogP contribution in [0.5, 0.6) is 11.5 Å². The zero-order valence-corrected chi connectivity index (χ0v) is 20.0. The van der Waals surface area contributed by atoms with Crippen LogP contribution in [-0.2, 0) is 11.3 Å². The fourth-order valence-corrected chi connectivity index (χ4v) is 3.75. The smallest absolute Gasteiger partial charge is 0.261 e. The van der Waals surface area contributed by atoms with Gasteiger partial charge in [-0.3, -0.25) is 19.0 Å². The van der Waals surface area contributed by atoms with Crippen molar-refractivity contribution in [2.45, 2.75) is 19.4 Å². The van der Waals surface area contributed by atoms with E-state index in [1.807, 2.05) is 6.07 Å². The van der Waals surface area contributed by atoms with Crippen LogP contribution >= 0.6 is 0 Å². The molecule has 0 aliphatic rings. The average molecular weight is 487 g/mol. The Morgan fingerprint density at radius 2 is 1.53 bits per heavy atom. The molecule has 4 rings (SSSR count). The Morgan fingerprint density at radius 3 is 2.22 bits per heavy atom. The van der Waals surface area contributed by atoms with Gasteiger partial charge in [0.05, 0.1) is 42.8 Å². The highest BCUT2D eigenvalue weighted by atomic mass is 16.5. The molecule has 9 heteroatoms.